The Bertz CT molecular complexity index is 831. The molecule has 0 unspecified atom stereocenters. The smallest absolute Gasteiger partial charge is 0.408 e. The molecule has 0 saturated heterocycles. The minimum atomic E-state index is -1.23. The zero-order valence-electron chi connectivity index (χ0n) is 16.7. The summed E-state index contributed by atoms with van der Waals surface area (Å²) in [5.74, 6) is -1.81. The van der Waals surface area contributed by atoms with Crippen molar-refractivity contribution in [2.24, 2.45) is 0 Å². The van der Waals surface area contributed by atoms with Crippen molar-refractivity contribution in [1.29, 1.82) is 0 Å². The van der Waals surface area contributed by atoms with Gasteiger partial charge in [-0.25, -0.2) is 9.59 Å². The Hall–Kier alpha value is -3.35. The highest BCUT2D eigenvalue weighted by Gasteiger charge is 2.29. The minimum Gasteiger partial charge on any atom is -0.479 e. The normalized spacial score (nSPS) is 13.1. The maximum atomic E-state index is 12.9. The van der Waals surface area contributed by atoms with Crippen LogP contribution in [0.1, 0.15) is 37.9 Å². The van der Waals surface area contributed by atoms with Crippen LogP contribution >= 0.6 is 0 Å². The van der Waals surface area contributed by atoms with Gasteiger partial charge in [0.15, 0.2) is 6.04 Å². The van der Waals surface area contributed by atoms with Crippen LogP contribution in [-0.2, 0) is 20.7 Å². The second kappa shape index (κ2) is 9.73. The molecule has 0 aliphatic rings. The lowest BCUT2D eigenvalue weighted by Gasteiger charge is -2.24. The van der Waals surface area contributed by atoms with Gasteiger partial charge in [-0.2, -0.15) is 0 Å². The first-order valence-electron chi connectivity index (χ1n) is 9.27. The van der Waals surface area contributed by atoms with E-state index in [1.54, 1.807) is 51.1 Å². The second-order valence-corrected chi connectivity index (χ2v) is 7.58. The first-order valence-corrected chi connectivity index (χ1v) is 9.27. The Morgan fingerprint density at radius 2 is 1.48 bits per heavy atom. The lowest BCUT2D eigenvalue weighted by Crippen LogP contribution is -2.51. The molecule has 3 N–H and O–H groups in total. The molecule has 2 rings (SSSR count). The van der Waals surface area contributed by atoms with Gasteiger partial charge in [-0.1, -0.05) is 60.7 Å². The van der Waals surface area contributed by atoms with E-state index in [4.69, 9.17) is 4.74 Å². The Kier molecular flexibility index (Phi) is 7.36. The molecule has 7 heteroatoms. The van der Waals surface area contributed by atoms with E-state index in [9.17, 15) is 19.5 Å². The summed E-state index contributed by atoms with van der Waals surface area (Å²) in [7, 11) is 0. The number of carboxylic acids is 1. The van der Waals surface area contributed by atoms with Gasteiger partial charge >= 0.3 is 12.1 Å². The molecule has 0 bridgehead atoms. The van der Waals surface area contributed by atoms with Crippen molar-refractivity contribution in [3.63, 3.8) is 0 Å². The minimum absolute atomic E-state index is 0.188. The zero-order valence-corrected chi connectivity index (χ0v) is 16.7. The van der Waals surface area contributed by atoms with Crippen LogP contribution in [0.5, 0.6) is 0 Å². The number of rotatable bonds is 7. The lowest BCUT2D eigenvalue weighted by atomic mass is 10.0. The van der Waals surface area contributed by atoms with Crippen LogP contribution < -0.4 is 10.6 Å². The van der Waals surface area contributed by atoms with Crippen LogP contribution in [0.25, 0.3) is 0 Å². The third-order valence-corrected chi connectivity index (χ3v) is 3.96. The summed E-state index contributed by atoms with van der Waals surface area (Å²) in [4.78, 5) is 36.8. The number of amides is 2. The number of alkyl carbamates (subject to hydrolysis) is 1. The van der Waals surface area contributed by atoms with Gasteiger partial charge in [0.05, 0.1) is 0 Å². The number of carboxylic acid groups (broad SMARTS) is 1. The van der Waals surface area contributed by atoms with Gasteiger partial charge < -0.3 is 20.5 Å². The SMILES string of the molecule is CC(C)(C)OC(=O)N[C@H](Cc1ccccc1)C(=O)N[C@H](C(=O)O)c1ccccc1. The van der Waals surface area contributed by atoms with Crippen LogP contribution in [0.2, 0.25) is 0 Å². The quantitative estimate of drug-likeness (QED) is 0.665. The van der Waals surface area contributed by atoms with Gasteiger partial charge in [0.25, 0.3) is 0 Å². The van der Waals surface area contributed by atoms with Gasteiger partial charge in [0.1, 0.15) is 11.6 Å². The van der Waals surface area contributed by atoms with E-state index in [0.717, 1.165) is 5.56 Å². The van der Waals surface area contributed by atoms with E-state index >= 15 is 0 Å². The van der Waals surface area contributed by atoms with Crippen LogP contribution in [-0.4, -0.2) is 34.7 Å². The van der Waals surface area contributed by atoms with E-state index in [0.29, 0.717) is 5.56 Å². The molecule has 0 aromatic heterocycles. The molecule has 0 spiro atoms. The van der Waals surface area contributed by atoms with Crippen LogP contribution in [0.3, 0.4) is 0 Å². The fourth-order valence-electron chi connectivity index (χ4n) is 2.68. The molecule has 2 atom stereocenters. The summed E-state index contributed by atoms with van der Waals surface area (Å²) in [5.41, 5.74) is 0.519. The molecule has 0 aliphatic carbocycles. The predicted molar refractivity (Wildman–Crippen MR) is 108 cm³/mol. The van der Waals surface area contributed by atoms with E-state index in [-0.39, 0.29) is 6.42 Å². The summed E-state index contributed by atoms with van der Waals surface area (Å²) < 4.78 is 5.25. The predicted octanol–water partition coefficient (Wildman–Crippen LogP) is 3.06. The van der Waals surface area contributed by atoms with Gasteiger partial charge in [-0.15, -0.1) is 0 Å². The van der Waals surface area contributed by atoms with Crippen LogP contribution in [0.15, 0.2) is 60.7 Å². The fraction of sp³-hybridized carbons (Fsp3) is 0.318. The zero-order chi connectivity index (χ0) is 21.4. The lowest BCUT2D eigenvalue weighted by molar-refractivity contribution is -0.142. The van der Waals surface area contributed by atoms with E-state index in [1.807, 2.05) is 30.3 Å². The number of hydrogen-bond donors (Lipinski definition) is 3. The number of hydrogen-bond acceptors (Lipinski definition) is 4. The maximum Gasteiger partial charge on any atom is 0.408 e. The van der Waals surface area contributed by atoms with E-state index in [2.05, 4.69) is 10.6 Å². The largest absolute Gasteiger partial charge is 0.479 e. The molecule has 7 nitrogen and oxygen atoms in total. The molecule has 2 aromatic rings. The molecule has 0 saturated carbocycles. The molecule has 0 fully saturated rings. The summed E-state index contributed by atoms with van der Waals surface area (Å²) in [6.07, 6.45) is -0.562. The summed E-state index contributed by atoms with van der Waals surface area (Å²) in [6.45, 7) is 5.15. The average Bonchev–Trinajstić information content (AvgIpc) is 2.65. The third kappa shape index (κ3) is 7.29. The molecule has 0 heterocycles. The number of carbonyl (C=O) groups excluding carboxylic acids is 2. The highest BCUT2D eigenvalue weighted by molar-refractivity contribution is 5.90. The van der Waals surface area contributed by atoms with Crippen molar-refractivity contribution in [1.82, 2.24) is 10.6 Å². The topological polar surface area (TPSA) is 105 Å². The van der Waals surface area contributed by atoms with E-state index < -0.39 is 35.7 Å². The highest BCUT2D eigenvalue weighted by Crippen LogP contribution is 2.14. The monoisotopic (exact) mass is 398 g/mol. The fourth-order valence-corrected chi connectivity index (χ4v) is 2.68. The van der Waals surface area contributed by atoms with Crippen LogP contribution in [0, 0.1) is 0 Å². The van der Waals surface area contributed by atoms with Gasteiger partial charge in [0.2, 0.25) is 5.91 Å². The molecule has 29 heavy (non-hydrogen) atoms. The molecular formula is C22H26N2O5. The summed E-state index contributed by atoms with van der Waals surface area (Å²) in [6, 6.07) is 15.3. The summed E-state index contributed by atoms with van der Waals surface area (Å²) in [5, 5.41) is 14.6. The first-order chi connectivity index (χ1) is 13.7. The van der Waals surface area contributed by atoms with Crippen molar-refractivity contribution in [3.05, 3.63) is 71.8 Å². The Balaban J connectivity index is 2.20. The first kappa shape index (κ1) is 21.9. The Labute approximate surface area is 170 Å². The van der Waals surface area contributed by atoms with Crippen LogP contribution in [0.4, 0.5) is 4.79 Å². The maximum absolute atomic E-state index is 12.9. The molecule has 2 aromatic carbocycles. The molecule has 2 amide bonds. The van der Waals surface area contributed by atoms with E-state index in [1.165, 1.54) is 0 Å². The highest BCUT2D eigenvalue weighted by atomic mass is 16.6. The third-order valence-electron chi connectivity index (χ3n) is 3.96. The molecule has 154 valence electrons. The van der Waals surface area contributed by atoms with Crippen molar-refractivity contribution in [2.45, 2.75) is 44.9 Å². The Morgan fingerprint density at radius 3 is 2.00 bits per heavy atom. The summed E-state index contributed by atoms with van der Waals surface area (Å²) >= 11 is 0. The number of carbonyl (C=O) groups is 3. The number of ether oxygens (including phenoxy) is 1. The number of nitrogens with one attached hydrogen (secondary N) is 2. The molecular weight excluding hydrogens is 372 g/mol. The van der Waals surface area contributed by atoms with Gasteiger partial charge in [0, 0.05) is 6.42 Å². The van der Waals surface area contributed by atoms with Gasteiger partial charge in [-0.3, -0.25) is 4.79 Å². The number of benzene rings is 2. The molecule has 0 aliphatic heterocycles. The van der Waals surface area contributed by atoms with Crippen molar-refractivity contribution < 1.29 is 24.2 Å². The van der Waals surface area contributed by atoms with Crippen molar-refractivity contribution in [2.75, 3.05) is 0 Å². The second-order valence-electron chi connectivity index (χ2n) is 7.58. The Morgan fingerprint density at radius 1 is 0.931 bits per heavy atom. The van der Waals surface area contributed by atoms with Gasteiger partial charge in [-0.05, 0) is 31.9 Å². The van der Waals surface area contributed by atoms with Crippen molar-refractivity contribution in [3.8, 4) is 0 Å². The van der Waals surface area contributed by atoms with Crippen molar-refractivity contribution >= 4 is 18.0 Å². The average molecular weight is 398 g/mol. The number of aliphatic carboxylic acids is 1. The molecule has 0 radical (unpaired) electrons. The standard InChI is InChI=1S/C22H26N2O5/c1-22(2,3)29-21(28)23-17(14-15-10-6-4-7-11-15)19(25)24-18(20(26)27)16-12-8-5-9-13-16/h4-13,17-18H,14H2,1-3H3,(H,23,28)(H,24,25)(H,26,27)/t17-,18+/m1/s1.